The number of aromatic hydroxyl groups is 1. The fourth-order valence-electron chi connectivity index (χ4n) is 2.36. The first-order chi connectivity index (χ1) is 9.60. The second-order valence-electron chi connectivity index (χ2n) is 4.69. The van der Waals surface area contributed by atoms with Gasteiger partial charge in [0.25, 0.3) is 5.91 Å². The van der Waals surface area contributed by atoms with E-state index in [2.05, 4.69) is 6.58 Å². The van der Waals surface area contributed by atoms with Gasteiger partial charge in [0, 0.05) is 39.1 Å². The molecule has 0 fully saturated rings. The Morgan fingerprint density at radius 3 is 2.95 bits per heavy atom. The van der Waals surface area contributed by atoms with Gasteiger partial charge in [-0.1, -0.05) is 6.08 Å². The SMILES string of the molecule is C=C[C@H]1CN(CCCOC)C(=O)c2c(O)c(=O)ccn21. The zero-order valence-electron chi connectivity index (χ0n) is 11.4. The molecule has 1 aromatic rings. The summed E-state index contributed by atoms with van der Waals surface area (Å²) in [5, 5.41) is 9.88. The molecule has 2 heterocycles. The van der Waals surface area contributed by atoms with Crippen LogP contribution in [-0.2, 0) is 4.74 Å². The van der Waals surface area contributed by atoms with Crippen LogP contribution in [0, 0.1) is 0 Å². The Hall–Kier alpha value is -2.08. The number of fused-ring (bicyclic) bond motifs is 1. The predicted molar refractivity (Wildman–Crippen MR) is 74.0 cm³/mol. The molecule has 20 heavy (non-hydrogen) atoms. The lowest BCUT2D eigenvalue weighted by atomic mass is 10.1. The van der Waals surface area contributed by atoms with Crippen LogP contribution in [0.3, 0.4) is 0 Å². The largest absolute Gasteiger partial charge is 0.503 e. The highest BCUT2D eigenvalue weighted by Crippen LogP contribution is 2.25. The standard InChI is InChI=1S/C14H18N2O4/c1-3-10-9-15(6-4-8-20-2)14(19)12-13(18)11(17)5-7-16(10)12/h3,5,7,10,18H,1,4,6,8-9H2,2H3/t10-/m0/s1. The number of amides is 1. The smallest absolute Gasteiger partial charge is 0.274 e. The van der Waals surface area contributed by atoms with Crippen LogP contribution in [0.1, 0.15) is 23.0 Å². The van der Waals surface area contributed by atoms with Crippen molar-refractivity contribution in [1.82, 2.24) is 9.47 Å². The Labute approximate surface area is 116 Å². The summed E-state index contributed by atoms with van der Waals surface area (Å²) in [6, 6.07) is 1.10. The average Bonchev–Trinajstić information content (AvgIpc) is 2.45. The van der Waals surface area contributed by atoms with Crippen LogP contribution in [0.2, 0.25) is 0 Å². The Kier molecular flexibility index (Phi) is 4.24. The molecule has 6 nitrogen and oxygen atoms in total. The zero-order valence-corrected chi connectivity index (χ0v) is 11.4. The van der Waals surface area contributed by atoms with E-state index in [4.69, 9.17) is 4.74 Å². The Balaban J connectivity index is 2.37. The third kappa shape index (κ3) is 2.46. The highest BCUT2D eigenvalue weighted by molar-refractivity contribution is 5.96. The molecule has 1 aromatic heterocycles. The molecule has 0 saturated carbocycles. The highest BCUT2D eigenvalue weighted by Gasteiger charge is 2.31. The lowest BCUT2D eigenvalue weighted by Crippen LogP contribution is -2.44. The maximum absolute atomic E-state index is 12.4. The van der Waals surface area contributed by atoms with Gasteiger partial charge < -0.3 is 19.3 Å². The van der Waals surface area contributed by atoms with Crippen LogP contribution in [0.15, 0.2) is 29.7 Å². The summed E-state index contributed by atoms with van der Waals surface area (Å²) in [4.78, 5) is 25.5. The third-order valence-corrected chi connectivity index (χ3v) is 3.41. The van der Waals surface area contributed by atoms with Gasteiger partial charge >= 0.3 is 0 Å². The zero-order chi connectivity index (χ0) is 14.7. The summed E-state index contributed by atoms with van der Waals surface area (Å²) >= 11 is 0. The molecule has 0 spiro atoms. The minimum absolute atomic E-state index is 0.0334. The fourth-order valence-corrected chi connectivity index (χ4v) is 2.36. The molecule has 0 saturated heterocycles. The van der Waals surface area contributed by atoms with Crippen molar-refractivity contribution < 1.29 is 14.6 Å². The van der Waals surface area contributed by atoms with E-state index in [9.17, 15) is 14.7 Å². The minimum Gasteiger partial charge on any atom is -0.503 e. The molecule has 1 aliphatic heterocycles. The molecule has 1 atom stereocenters. The van der Waals surface area contributed by atoms with Crippen molar-refractivity contribution in [2.24, 2.45) is 0 Å². The van der Waals surface area contributed by atoms with Gasteiger partial charge in [-0.2, -0.15) is 0 Å². The van der Waals surface area contributed by atoms with Crippen LogP contribution in [0.5, 0.6) is 5.75 Å². The van der Waals surface area contributed by atoms with Gasteiger partial charge in [0.05, 0.1) is 6.04 Å². The molecule has 2 rings (SSSR count). The second-order valence-corrected chi connectivity index (χ2v) is 4.69. The maximum Gasteiger partial charge on any atom is 0.274 e. The van der Waals surface area contributed by atoms with Crippen molar-refractivity contribution in [2.45, 2.75) is 12.5 Å². The molecule has 1 aliphatic rings. The van der Waals surface area contributed by atoms with Gasteiger partial charge in [0.2, 0.25) is 5.43 Å². The lowest BCUT2D eigenvalue weighted by Gasteiger charge is -2.34. The third-order valence-electron chi connectivity index (χ3n) is 3.41. The van der Waals surface area contributed by atoms with E-state index in [-0.39, 0.29) is 17.6 Å². The average molecular weight is 278 g/mol. The molecular weight excluding hydrogens is 260 g/mol. The lowest BCUT2D eigenvalue weighted by molar-refractivity contribution is 0.0659. The van der Waals surface area contributed by atoms with Crippen molar-refractivity contribution in [1.29, 1.82) is 0 Å². The van der Waals surface area contributed by atoms with Crippen LogP contribution < -0.4 is 5.43 Å². The number of aromatic nitrogens is 1. The number of pyridine rings is 1. The molecule has 0 unspecified atom stereocenters. The topological polar surface area (TPSA) is 71.8 Å². The van der Waals surface area contributed by atoms with Crippen molar-refractivity contribution in [3.8, 4) is 5.75 Å². The van der Waals surface area contributed by atoms with Crippen molar-refractivity contribution in [2.75, 3.05) is 26.8 Å². The van der Waals surface area contributed by atoms with E-state index in [1.54, 1.807) is 22.7 Å². The Morgan fingerprint density at radius 2 is 2.30 bits per heavy atom. The van der Waals surface area contributed by atoms with Gasteiger partial charge in [0.15, 0.2) is 11.4 Å². The number of methoxy groups -OCH3 is 1. The van der Waals surface area contributed by atoms with Crippen LogP contribution >= 0.6 is 0 Å². The summed E-state index contributed by atoms with van der Waals surface area (Å²) in [6.45, 7) is 5.29. The number of hydrogen-bond donors (Lipinski definition) is 1. The van der Waals surface area contributed by atoms with E-state index >= 15 is 0 Å². The number of carbonyl (C=O) groups excluding carboxylic acids is 1. The van der Waals surface area contributed by atoms with E-state index in [0.29, 0.717) is 26.1 Å². The summed E-state index contributed by atoms with van der Waals surface area (Å²) in [5.74, 6) is -0.838. The van der Waals surface area contributed by atoms with Gasteiger partial charge in [-0.3, -0.25) is 9.59 Å². The summed E-state index contributed by atoms with van der Waals surface area (Å²) < 4.78 is 6.57. The normalized spacial score (nSPS) is 17.9. The van der Waals surface area contributed by atoms with Crippen molar-refractivity contribution in [3.05, 3.63) is 40.8 Å². The molecule has 1 amide bonds. The van der Waals surface area contributed by atoms with E-state index in [1.807, 2.05) is 0 Å². The van der Waals surface area contributed by atoms with E-state index < -0.39 is 11.2 Å². The fraction of sp³-hybridized carbons (Fsp3) is 0.429. The second kappa shape index (κ2) is 5.92. The monoisotopic (exact) mass is 278 g/mol. The summed E-state index contributed by atoms with van der Waals surface area (Å²) in [5.41, 5.74) is -0.516. The van der Waals surface area contributed by atoms with E-state index in [1.165, 1.54) is 12.3 Å². The first-order valence-corrected chi connectivity index (χ1v) is 6.45. The van der Waals surface area contributed by atoms with E-state index in [0.717, 1.165) is 0 Å². The number of nitrogens with zero attached hydrogens (tertiary/aromatic N) is 2. The Morgan fingerprint density at radius 1 is 1.55 bits per heavy atom. The minimum atomic E-state index is -0.550. The molecule has 0 aliphatic carbocycles. The van der Waals surface area contributed by atoms with Gasteiger partial charge in [-0.15, -0.1) is 6.58 Å². The van der Waals surface area contributed by atoms with Crippen LogP contribution in [0.25, 0.3) is 0 Å². The molecule has 1 N–H and O–H groups in total. The van der Waals surface area contributed by atoms with Crippen molar-refractivity contribution in [3.63, 3.8) is 0 Å². The molecule has 0 aromatic carbocycles. The number of rotatable bonds is 5. The number of carbonyl (C=O) groups is 1. The number of hydrogen-bond acceptors (Lipinski definition) is 4. The predicted octanol–water partition coefficient (Wildman–Crippen LogP) is 0.773. The summed E-state index contributed by atoms with van der Waals surface area (Å²) in [7, 11) is 1.60. The van der Waals surface area contributed by atoms with Crippen molar-refractivity contribution >= 4 is 5.91 Å². The first-order valence-electron chi connectivity index (χ1n) is 6.45. The molecule has 6 heteroatoms. The first kappa shape index (κ1) is 14.3. The highest BCUT2D eigenvalue weighted by atomic mass is 16.5. The van der Waals surface area contributed by atoms with Crippen LogP contribution in [0.4, 0.5) is 0 Å². The Bertz CT molecular complexity index is 579. The van der Waals surface area contributed by atoms with Gasteiger partial charge in [-0.05, 0) is 6.42 Å². The van der Waals surface area contributed by atoms with Gasteiger partial charge in [0.1, 0.15) is 0 Å². The van der Waals surface area contributed by atoms with Crippen LogP contribution in [-0.4, -0.2) is 47.3 Å². The molecule has 0 radical (unpaired) electrons. The van der Waals surface area contributed by atoms with Gasteiger partial charge in [-0.25, -0.2) is 0 Å². The summed E-state index contributed by atoms with van der Waals surface area (Å²) in [6.07, 6.45) is 3.92. The quantitative estimate of drug-likeness (QED) is 0.638. The maximum atomic E-state index is 12.4. The molecule has 108 valence electrons. The molecule has 0 bridgehead atoms. The number of ether oxygens (including phenoxy) is 1. The molecular formula is C14H18N2O4.